The maximum absolute atomic E-state index is 13.2. The molecule has 3 aromatic rings. The van der Waals surface area contributed by atoms with Crippen molar-refractivity contribution < 1.29 is 13.2 Å². The van der Waals surface area contributed by atoms with Gasteiger partial charge in [0, 0.05) is 32.9 Å². The van der Waals surface area contributed by atoms with Gasteiger partial charge in [0.25, 0.3) is 5.91 Å². The van der Waals surface area contributed by atoms with Crippen LogP contribution >= 0.6 is 23.2 Å². The Morgan fingerprint density at radius 1 is 1.00 bits per heavy atom. The molecule has 0 radical (unpaired) electrons. The molecule has 0 fully saturated rings. The lowest BCUT2D eigenvalue weighted by Gasteiger charge is -2.25. The fourth-order valence-electron chi connectivity index (χ4n) is 4.01. The Hall–Kier alpha value is -2.54. The number of anilines is 2. The number of nitrogens with zero attached hydrogens (tertiary/aromatic N) is 2. The number of carbonyl (C=O) groups is 1. The molecule has 8 heteroatoms. The third-order valence-electron chi connectivity index (χ3n) is 5.59. The summed E-state index contributed by atoms with van der Waals surface area (Å²) in [5.41, 5.74) is 3.49. The number of halogens is 2. The number of benzene rings is 3. The molecule has 1 amide bonds. The maximum Gasteiger partial charge on any atom is 0.258 e. The van der Waals surface area contributed by atoms with Gasteiger partial charge in [-0.25, -0.2) is 8.42 Å². The van der Waals surface area contributed by atoms with Crippen LogP contribution in [0.25, 0.3) is 0 Å². The molecule has 4 rings (SSSR count). The molecule has 0 unspecified atom stereocenters. The minimum absolute atomic E-state index is 0.0127. The summed E-state index contributed by atoms with van der Waals surface area (Å²) in [5.74, 6) is -0.117. The van der Waals surface area contributed by atoms with Gasteiger partial charge in [-0.3, -0.25) is 9.10 Å². The first kappa shape index (κ1) is 22.6. The summed E-state index contributed by atoms with van der Waals surface area (Å²) < 4.78 is 26.3. The van der Waals surface area contributed by atoms with Gasteiger partial charge in [0.1, 0.15) is 0 Å². The minimum atomic E-state index is -3.63. The summed E-state index contributed by atoms with van der Waals surface area (Å²) in [6.45, 7) is 2.01. The van der Waals surface area contributed by atoms with Crippen LogP contribution in [-0.4, -0.2) is 26.6 Å². The first-order valence-corrected chi connectivity index (χ1v) is 12.7. The van der Waals surface area contributed by atoms with Crippen LogP contribution in [0.3, 0.4) is 0 Å². The highest BCUT2D eigenvalue weighted by molar-refractivity contribution is 7.92. The monoisotopic (exact) mass is 488 g/mol. The number of sulfonamides is 1. The van der Waals surface area contributed by atoms with E-state index in [0.717, 1.165) is 23.9 Å². The molecule has 1 aliphatic heterocycles. The molecule has 32 heavy (non-hydrogen) atoms. The van der Waals surface area contributed by atoms with E-state index in [4.69, 9.17) is 23.2 Å². The molecule has 1 atom stereocenters. The molecule has 1 aliphatic rings. The van der Waals surface area contributed by atoms with Crippen molar-refractivity contribution in [2.75, 3.05) is 15.5 Å². The van der Waals surface area contributed by atoms with Gasteiger partial charge in [-0.15, -0.1) is 0 Å². The summed E-state index contributed by atoms with van der Waals surface area (Å²) in [4.78, 5) is 15.0. The van der Waals surface area contributed by atoms with Gasteiger partial charge in [-0.05, 0) is 61.4 Å². The Balaban J connectivity index is 1.63. The standard InChI is InChI=1S/C24H22Cl2N2O3S/c1-16-14-18-6-3-4-9-23(18)28(16)24(29)17-10-12-19(13-11-17)27(32(2,30)31)15-20-21(25)7-5-8-22(20)26/h3-13,16H,14-15H2,1-2H3/t16-/m1/s1. The Bertz CT molecular complexity index is 1260. The maximum atomic E-state index is 13.2. The largest absolute Gasteiger partial charge is 0.305 e. The normalized spacial score (nSPS) is 15.5. The molecule has 0 aliphatic carbocycles. The van der Waals surface area contributed by atoms with E-state index in [-0.39, 0.29) is 18.5 Å². The summed E-state index contributed by atoms with van der Waals surface area (Å²) in [5, 5.41) is 0.777. The molecule has 166 valence electrons. The van der Waals surface area contributed by atoms with Crippen LogP contribution < -0.4 is 9.21 Å². The van der Waals surface area contributed by atoms with Gasteiger partial charge in [0.05, 0.1) is 18.5 Å². The van der Waals surface area contributed by atoms with E-state index >= 15 is 0 Å². The molecule has 1 heterocycles. The van der Waals surface area contributed by atoms with Crippen molar-refractivity contribution >= 4 is 50.5 Å². The quantitative estimate of drug-likeness (QED) is 0.472. The second kappa shape index (κ2) is 8.77. The highest BCUT2D eigenvalue weighted by Crippen LogP contribution is 2.34. The zero-order valence-electron chi connectivity index (χ0n) is 17.6. The molecular formula is C24H22Cl2N2O3S. The molecule has 0 aromatic heterocycles. The number of hydrogen-bond donors (Lipinski definition) is 0. The van der Waals surface area contributed by atoms with Crippen molar-refractivity contribution in [2.45, 2.75) is 25.9 Å². The van der Waals surface area contributed by atoms with Crippen molar-refractivity contribution in [3.05, 3.63) is 93.5 Å². The highest BCUT2D eigenvalue weighted by atomic mass is 35.5. The smallest absolute Gasteiger partial charge is 0.258 e. The van der Waals surface area contributed by atoms with Crippen LogP contribution in [0.2, 0.25) is 10.0 Å². The van der Waals surface area contributed by atoms with Crippen molar-refractivity contribution in [3.8, 4) is 0 Å². The summed E-state index contributed by atoms with van der Waals surface area (Å²) in [6.07, 6.45) is 1.93. The Morgan fingerprint density at radius 2 is 1.62 bits per heavy atom. The number of fused-ring (bicyclic) bond motifs is 1. The molecule has 0 bridgehead atoms. The van der Waals surface area contributed by atoms with Crippen LogP contribution in [0.5, 0.6) is 0 Å². The van der Waals surface area contributed by atoms with E-state index in [2.05, 4.69) is 0 Å². The van der Waals surface area contributed by atoms with Gasteiger partial charge in [-0.2, -0.15) is 0 Å². The predicted molar refractivity (Wildman–Crippen MR) is 130 cm³/mol. The summed E-state index contributed by atoms with van der Waals surface area (Å²) in [7, 11) is -3.63. The van der Waals surface area contributed by atoms with E-state index < -0.39 is 10.0 Å². The first-order chi connectivity index (χ1) is 15.2. The van der Waals surface area contributed by atoms with Gasteiger partial charge in [0.15, 0.2) is 0 Å². The van der Waals surface area contributed by atoms with Crippen molar-refractivity contribution in [2.24, 2.45) is 0 Å². The molecule has 0 saturated heterocycles. The number of para-hydroxylation sites is 1. The molecule has 3 aromatic carbocycles. The lowest BCUT2D eigenvalue weighted by atomic mass is 10.1. The number of hydrogen-bond acceptors (Lipinski definition) is 3. The van der Waals surface area contributed by atoms with Gasteiger partial charge < -0.3 is 4.90 Å². The van der Waals surface area contributed by atoms with Crippen LogP contribution in [0.15, 0.2) is 66.7 Å². The van der Waals surface area contributed by atoms with E-state index in [0.29, 0.717) is 26.9 Å². The fraction of sp³-hybridized carbons (Fsp3) is 0.208. The van der Waals surface area contributed by atoms with Crippen LogP contribution in [0, 0.1) is 0 Å². The van der Waals surface area contributed by atoms with Gasteiger partial charge in [-0.1, -0.05) is 47.5 Å². The number of rotatable bonds is 5. The second-order valence-electron chi connectivity index (χ2n) is 7.87. The van der Waals surface area contributed by atoms with Crippen LogP contribution in [0.4, 0.5) is 11.4 Å². The zero-order valence-corrected chi connectivity index (χ0v) is 20.0. The number of carbonyl (C=O) groups excluding carboxylic acids is 1. The average Bonchev–Trinajstić information content (AvgIpc) is 3.08. The lowest BCUT2D eigenvalue weighted by Crippen LogP contribution is -2.35. The second-order valence-corrected chi connectivity index (χ2v) is 10.6. The third-order valence-corrected chi connectivity index (χ3v) is 7.44. The molecule has 0 spiro atoms. The minimum Gasteiger partial charge on any atom is -0.305 e. The molecule has 0 N–H and O–H groups in total. The molecular weight excluding hydrogens is 467 g/mol. The predicted octanol–water partition coefficient (Wildman–Crippen LogP) is 5.55. The zero-order chi connectivity index (χ0) is 23.0. The van der Waals surface area contributed by atoms with Crippen LogP contribution in [0.1, 0.15) is 28.4 Å². The van der Waals surface area contributed by atoms with E-state index in [1.165, 1.54) is 4.31 Å². The summed E-state index contributed by atoms with van der Waals surface area (Å²) >= 11 is 12.5. The topological polar surface area (TPSA) is 57.7 Å². The third kappa shape index (κ3) is 4.35. The van der Waals surface area contributed by atoms with Gasteiger partial charge in [0.2, 0.25) is 10.0 Å². The average molecular weight is 489 g/mol. The lowest BCUT2D eigenvalue weighted by molar-refractivity contribution is 0.0981. The van der Waals surface area contributed by atoms with Crippen molar-refractivity contribution in [1.82, 2.24) is 0 Å². The Morgan fingerprint density at radius 3 is 2.25 bits per heavy atom. The Kier molecular flexibility index (Phi) is 6.21. The van der Waals surface area contributed by atoms with Crippen molar-refractivity contribution in [1.29, 1.82) is 0 Å². The molecule has 0 saturated carbocycles. The van der Waals surface area contributed by atoms with E-state index in [1.807, 2.05) is 31.2 Å². The Labute approximate surface area is 198 Å². The molecule has 5 nitrogen and oxygen atoms in total. The number of amides is 1. The van der Waals surface area contributed by atoms with E-state index in [1.54, 1.807) is 47.4 Å². The first-order valence-electron chi connectivity index (χ1n) is 10.1. The van der Waals surface area contributed by atoms with Crippen molar-refractivity contribution in [3.63, 3.8) is 0 Å². The SMILES string of the molecule is C[C@@H]1Cc2ccccc2N1C(=O)c1ccc(N(Cc2c(Cl)cccc2Cl)S(C)(=O)=O)cc1. The van der Waals surface area contributed by atoms with Crippen LogP contribution in [-0.2, 0) is 23.0 Å². The summed E-state index contributed by atoms with van der Waals surface area (Å²) in [6, 6.07) is 19.5. The highest BCUT2D eigenvalue weighted by Gasteiger charge is 2.31. The van der Waals surface area contributed by atoms with Gasteiger partial charge >= 0.3 is 0 Å². The fourth-order valence-corrected chi connectivity index (χ4v) is 5.40. The van der Waals surface area contributed by atoms with E-state index in [9.17, 15) is 13.2 Å².